The van der Waals surface area contributed by atoms with Crippen molar-refractivity contribution in [3.63, 3.8) is 0 Å². The maximum Gasteiger partial charge on any atom is 0.330 e. The molecule has 0 bridgehead atoms. The fourth-order valence-corrected chi connectivity index (χ4v) is 1.77. The molecule has 0 aliphatic rings. The smallest absolute Gasteiger partial charge is 0.330 e. The van der Waals surface area contributed by atoms with Crippen LogP contribution in [0.25, 0.3) is 0 Å². The summed E-state index contributed by atoms with van der Waals surface area (Å²) in [5, 5.41) is -0.151. The number of esters is 1. The molecule has 1 rings (SSSR count). The van der Waals surface area contributed by atoms with Crippen LogP contribution in [-0.4, -0.2) is 17.7 Å². The van der Waals surface area contributed by atoms with Crippen LogP contribution in [0.15, 0.2) is 42.5 Å². The molecular weight excluding hydrogens is 236 g/mol. The molecule has 0 radical (unpaired) electrons. The second-order valence-electron chi connectivity index (χ2n) is 3.18. The molecule has 0 saturated heterocycles. The molecule has 0 aliphatic heterocycles. The number of benzene rings is 1. The summed E-state index contributed by atoms with van der Waals surface area (Å²) in [5.74, 6) is 0.119. The van der Waals surface area contributed by atoms with Crippen molar-refractivity contribution in [1.82, 2.24) is 0 Å². The van der Waals surface area contributed by atoms with Crippen LogP contribution in [0.4, 0.5) is 0 Å². The maximum absolute atomic E-state index is 11.4. The molecule has 0 heterocycles. The van der Waals surface area contributed by atoms with Crippen LogP contribution >= 0.6 is 11.8 Å². The van der Waals surface area contributed by atoms with Gasteiger partial charge < -0.3 is 4.74 Å². The third kappa shape index (κ3) is 5.92. The first-order valence-electron chi connectivity index (χ1n) is 5.28. The number of hydrogen-bond acceptors (Lipinski definition) is 4. The normalized spacial score (nSPS) is 10.4. The van der Waals surface area contributed by atoms with E-state index in [0.29, 0.717) is 12.4 Å². The second kappa shape index (κ2) is 7.68. The topological polar surface area (TPSA) is 43.4 Å². The summed E-state index contributed by atoms with van der Waals surface area (Å²) in [6, 6.07) is 9.69. The summed E-state index contributed by atoms with van der Waals surface area (Å²) in [7, 11) is 0. The van der Waals surface area contributed by atoms with Crippen LogP contribution in [0, 0.1) is 0 Å². The van der Waals surface area contributed by atoms with Gasteiger partial charge in [0.1, 0.15) is 0 Å². The molecule has 0 unspecified atom stereocenters. The lowest BCUT2D eigenvalue weighted by atomic mass is 10.2. The van der Waals surface area contributed by atoms with Crippen molar-refractivity contribution in [2.75, 3.05) is 6.61 Å². The van der Waals surface area contributed by atoms with Gasteiger partial charge in [-0.05, 0) is 18.6 Å². The minimum absolute atomic E-state index is 0.151. The third-order valence-corrected chi connectivity index (χ3v) is 2.76. The molecule has 0 spiro atoms. The van der Waals surface area contributed by atoms with Crippen molar-refractivity contribution >= 4 is 22.8 Å². The number of carbonyl (C=O) groups excluding carboxylic acids is 2. The molecular formula is C13H14O3S. The Kier molecular flexibility index (Phi) is 6.10. The van der Waals surface area contributed by atoms with Gasteiger partial charge in [-0.3, -0.25) is 4.79 Å². The maximum atomic E-state index is 11.4. The number of thioether (sulfide) groups is 1. The Morgan fingerprint density at radius 3 is 2.59 bits per heavy atom. The van der Waals surface area contributed by atoms with Gasteiger partial charge in [-0.2, -0.15) is 0 Å². The molecule has 0 N–H and O–H groups in total. The number of carbonyl (C=O) groups is 2. The lowest BCUT2D eigenvalue weighted by Gasteiger charge is -1.97. The molecule has 3 nitrogen and oxygen atoms in total. The molecule has 0 fully saturated rings. The summed E-state index contributed by atoms with van der Waals surface area (Å²) >= 11 is 1.16. The van der Waals surface area contributed by atoms with Gasteiger partial charge in [-0.25, -0.2) is 4.79 Å². The monoisotopic (exact) mass is 250 g/mol. The van der Waals surface area contributed by atoms with Gasteiger partial charge >= 0.3 is 5.97 Å². The van der Waals surface area contributed by atoms with Crippen molar-refractivity contribution in [3.8, 4) is 0 Å². The molecule has 4 heteroatoms. The van der Waals surface area contributed by atoms with Crippen molar-refractivity contribution in [3.05, 3.63) is 48.0 Å². The fraction of sp³-hybridized carbons (Fsp3) is 0.231. The molecule has 0 aliphatic carbocycles. The van der Waals surface area contributed by atoms with Crippen LogP contribution in [0.1, 0.15) is 12.5 Å². The minimum atomic E-state index is -0.485. The average Bonchev–Trinajstić information content (AvgIpc) is 2.35. The van der Waals surface area contributed by atoms with E-state index in [1.54, 1.807) is 6.92 Å². The van der Waals surface area contributed by atoms with Crippen molar-refractivity contribution < 1.29 is 14.3 Å². The van der Waals surface area contributed by atoms with Crippen molar-refractivity contribution in [2.24, 2.45) is 0 Å². The number of rotatable bonds is 5. The van der Waals surface area contributed by atoms with Crippen LogP contribution in [0.2, 0.25) is 0 Å². The van der Waals surface area contributed by atoms with E-state index >= 15 is 0 Å². The predicted octanol–water partition coefficient (Wildman–Crippen LogP) is 2.57. The fourth-order valence-electron chi connectivity index (χ4n) is 1.10. The highest BCUT2D eigenvalue weighted by molar-refractivity contribution is 8.13. The zero-order chi connectivity index (χ0) is 12.5. The Balaban J connectivity index is 2.33. The van der Waals surface area contributed by atoms with E-state index in [1.807, 2.05) is 30.3 Å². The average molecular weight is 250 g/mol. The van der Waals surface area contributed by atoms with E-state index in [1.165, 1.54) is 6.08 Å². The zero-order valence-corrected chi connectivity index (χ0v) is 10.4. The number of ether oxygens (including phenoxy) is 1. The lowest BCUT2D eigenvalue weighted by molar-refractivity contribution is -0.137. The lowest BCUT2D eigenvalue weighted by Crippen LogP contribution is -2.00. The molecule has 1 aromatic carbocycles. The Labute approximate surface area is 105 Å². The Morgan fingerprint density at radius 1 is 1.24 bits per heavy atom. The summed E-state index contributed by atoms with van der Waals surface area (Å²) in [6.45, 7) is 2.03. The van der Waals surface area contributed by atoms with Crippen LogP contribution in [0.3, 0.4) is 0 Å². The first kappa shape index (κ1) is 13.5. The van der Waals surface area contributed by atoms with Gasteiger partial charge in [-0.1, -0.05) is 42.1 Å². The van der Waals surface area contributed by atoms with Crippen LogP contribution in [0.5, 0.6) is 0 Å². The van der Waals surface area contributed by atoms with Gasteiger partial charge in [0.05, 0.1) is 6.61 Å². The Morgan fingerprint density at radius 2 is 1.94 bits per heavy atom. The first-order chi connectivity index (χ1) is 8.22. The van der Waals surface area contributed by atoms with Crippen molar-refractivity contribution in [1.29, 1.82) is 0 Å². The van der Waals surface area contributed by atoms with Crippen molar-refractivity contribution in [2.45, 2.75) is 12.7 Å². The summed E-state index contributed by atoms with van der Waals surface area (Å²) in [6.07, 6.45) is 2.40. The van der Waals surface area contributed by atoms with Crippen LogP contribution in [-0.2, 0) is 20.1 Å². The summed E-state index contributed by atoms with van der Waals surface area (Å²) in [4.78, 5) is 22.3. The third-order valence-electron chi connectivity index (χ3n) is 1.87. The van der Waals surface area contributed by atoms with E-state index in [9.17, 15) is 9.59 Å². The summed E-state index contributed by atoms with van der Waals surface area (Å²) in [5.41, 5.74) is 1.08. The number of hydrogen-bond donors (Lipinski definition) is 0. The molecule has 90 valence electrons. The van der Waals surface area contributed by atoms with Gasteiger partial charge in [-0.15, -0.1) is 0 Å². The Bertz CT molecular complexity index is 398. The minimum Gasteiger partial charge on any atom is -0.463 e. The molecule has 0 aromatic heterocycles. The highest BCUT2D eigenvalue weighted by Gasteiger charge is 2.01. The quantitative estimate of drug-likeness (QED) is 0.595. The molecule has 17 heavy (non-hydrogen) atoms. The Hall–Kier alpha value is -1.55. The zero-order valence-electron chi connectivity index (χ0n) is 9.59. The molecule has 0 saturated carbocycles. The van der Waals surface area contributed by atoms with E-state index in [2.05, 4.69) is 4.74 Å². The van der Waals surface area contributed by atoms with Crippen LogP contribution < -0.4 is 0 Å². The van der Waals surface area contributed by atoms with E-state index in [-0.39, 0.29) is 5.12 Å². The van der Waals surface area contributed by atoms with E-state index in [4.69, 9.17) is 0 Å². The highest BCUT2D eigenvalue weighted by atomic mass is 32.2. The highest BCUT2D eigenvalue weighted by Crippen LogP contribution is 2.12. The molecule has 0 atom stereocenters. The predicted molar refractivity (Wildman–Crippen MR) is 68.5 cm³/mol. The molecule has 0 amide bonds. The SMILES string of the molecule is CCOC(=O)/C=C/C(=O)SCc1ccccc1. The second-order valence-corrected chi connectivity index (χ2v) is 4.16. The van der Waals surface area contributed by atoms with E-state index in [0.717, 1.165) is 23.4 Å². The van der Waals surface area contributed by atoms with Gasteiger partial charge in [0.2, 0.25) is 5.12 Å². The van der Waals surface area contributed by atoms with Gasteiger partial charge in [0, 0.05) is 11.8 Å². The standard InChI is InChI=1S/C13H14O3S/c1-2-16-12(14)8-9-13(15)17-10-11-6-4-3-5-7-11/h3-9H,2,10H2,1H3/b9-8+. The first-order valence-corrected chi connectivity index (χ1v) is 6.26. The van der Waals surface area contributed by atoms with E-state index < -0.39 is 5.97 Å². The molecule has 1 aromatic rings. The van der Waals surface area contributed by atoms with Gasteiger partial charge in [0.15, 0.2) is 0 Å². The summed E-state index contributed by atoms with van der Waals surface area (Å²) < 4.78 is 4.67. The largest absolute Gasteiger partial charge is 0.463 e. The van der Waals surface area contributed by atoms with Gasteiger partial charge in [0.25, 0.3) is 0 Å².